The lowest BCUT2D eigenvalue weighted by Crippen LogP contribution is -1.86. The molecule has 1 aromatic carbocycles. The Morgan fingerprint density at radius 1 is 1.33 bits per heavy atom. The summed E-state index contributed by atoms with van der Waals surface area (Å²) < 4.78 is 0. The number of aromatic nitrogens is 1. The van der Waals surface area contributed by atoms with E-state index in [9.17, 15) is 0 Å². The first-order valence-electron chi connectivity index (χ1n) is 5.82. The van der Waals surface area contributed by atoms with Gasteiger partial charge in [-0.2, -0.15) is 5.26 Å². The molecule has 0 amide bonds. The average Bonchev–Trinajstić information content (AvgIpc) is 2.90. The molecule has 0 saturated carbocycles. The minimum atomic E-state index is 0.525. The summed E-state index contributed by atoms with van der Waals surface area (Å²) >= 11 is 1.48. The van der Waals surface area contributed by atoms with Gasteiger partial charge in [0.15, 0.2) is 0 Å². The molecule has 0 saturated heterocycles. The van der Waals surface area contributed by atoms with E-state index in [0.717, 1.165) is 10.6 Å². The van der Waals surface area contributed by atoms with Crippen LogP contribution in [-0.4, -0.2) is 4.98 Å². The molecule has 0 radical (unpaired) electrons. The van der Waals surface area contributed by atoms with Gasteiger partial charge in [0.1, 0.15) is 11.1 Å². The minimum absolute atomic E-state index is 0.525. The Balaban J connectivity index is 2.29. The van der Waals surface area contributed by atoms with E-state index in [2.05, 4.69) is 37.0 Å². The third kappa shape index (κ3) is 2.85. The lowest BCUT2D eigenvalue weighted by Gasteiger charge is -2.04. The number of hydrogen-bond acceptors (Lipinski definition) is 3. The van der Waals surface area contributed by atoms with E-state index in [4.69, 9.17) is 5.26 Å². The maximum Gasteiger partial charge on any atom is 0.133 e. The number of rotatable bonds is 3. The van der Waals surface area contributed by atoms with E-state index in [0.29, 0.717) is 11.5 Å². The molecule has 0 bridgehead atoms. The number of nitrogens with zero attached hydrogens (tertiary/aromatic N) is 2. The standard InChI is InChI=1S/C15H14N2S/c1-11(2)13-5-3-12(4-6-13)9-14(10-16)15-17-7-8-18-15/h3-9,11H,1-2H3/b14-9+. The molecule has 0 spiro atoms. The highest BCUT2D eigenvalue weighted by Gasteiger charge is 2.04. The van der Waals surface area contributed by atoms with Crippen LogP contribution in [0, 0.1) is 11.3 Å². The third-order valence-electron chi connectivity index (χ3n) is 2.70. The summed E-state index contributed by atoms with van der Waals surface area (Å²) in [5.74, 6) is 0.525. The molecule has 2 rings (SSSR count). The quantitative estimate of drug-likeness (QED) is 0.764. The maximum absolute atomic E-state index is 9.15. The molecule has 0 unspecified atom stereocenters. The molecule has 0 aliphatic carbocycles. The monoisotopic (exact) mass is 254 g/mol. The number of nitriles is 1. The average molecular weight is 254 g/mol. The van der Waals surface area contributed by atoms with Crippen molar-refractivity contribution in [1.29, 1.82) is 5.26 Å². The molecule has 3 heteroatoms. The van der Waals surface area contributed by atoms with Crippen LogP contribution >= 0.6 is 11.3 Å². The molecule has 0 atom stereocenters. The van der Waals surface area contributed by atoms with E-state index in [1.165, 1.54) is 16.9 Å². The minimum Gasteiger partial charge on any atom is -0.244 e. The maximum atomic E-state index is 9.15. The van der Waals surface area contributed by atoms with Crippen molar-refractivity contribution < 1.29 is 0 Å². The van der Waals surface area contributed by atoms with Crippen molar-refractivity contribution in [1.82, 2.24) is 4.98 Å². The van der Waals surface area contributed by atoms with Crippen LogP contribution in [0.5, 0.6) is 0 Å². The fraction of sp³-hybridized carbons (Fsp3) is 0.200. The van der Waals surface area contributed by atoms with Gasteiger partial charge in [0.25, 0.3) is 0 Å². The fourth-order valence-corrected chi connectivity index (χ4v) is 2.25. The molecule has 18 heavy (non-hydrogen) atoms. The molecule has 2 aromatic rings. The van der Waals surface area contributed by atoms with Gasteiger partial charge in [-0.3, -0.25) is 0 Å². The molecule has 0 aliphatic rings. The second-order valence-electron chi connectivity index (χ2n) is 4.33. The summed E-state index contributed by atoms with van der Waals surface area (Å²) in [6, 6.07) is 10.5. The van der Waals surface area contributed by atoms with Crippen molar-refractivity contribution in [3.8, 4) is 6.07 Å². The highest BCUT2D eigenvalue weighted by atomic mass is 32.1. The normalized spacial score (nSPS) is 11.6. The van der Waals surface area contributed by atoms with Gasteiger partial charge in [-0.15, -0.1) is 11.3 Å². The van der Waals surface area contributed by atoms with Crippen LogP contribution in [0.4, 0.5) is 0 Å². The van der Waals surface area contributed by atoms with Crippen molar-refractivity contribution in [2.45, 2.75) is 19.8 Å². The van der Waals surface area contributed by atoms with Gasteiger partial charge in [-0.25, -0.2) is 4.98 Å². The number of thiazole rings is 1. The van der Waals surface area contributed by atoms with E-state index < -0.39 is 0 Å². The summed E-state index contributed by atoms with van der Waals surface area (Å²) in [5.41, 5.74) is 2.95. The number of allylic oxidation sites excluding steroid dienone is 1. The first kappa shape index (κ1) is 12.5. The summed E-state index contributed by atoms with van der Waals surface area (Å²) in [5, 5.41) is 11.8. The molecule has 0 fully saturated rings. The van der Waals surface area contributed by atoms with Crippen LogP contribution in [0.2, 0.25) is 0 Å². The first-order valence-corrected chi connectivity index (χ1v) is 6.70. The van der Waals surface area contributed by atoms with E-state index in [-0.39, 0.29) is 0 Å². The largest absolute Gasteiger partial charge is 0.244 e. The third-order valence-corrected chi connectivity index (χ3v) is 3.50. The highest BCUT2D eigenvalue weighted by molar-refractivity contribution is 7.10. The zero-order chi connectivity index (χ0) is 13.0. The summed E-state index contributed by atoms with van der Waals surface area (Å²) in [7, 11) is 0. The predicted octanol–water partition coefficient (Wildman–Crippen LogP) is 4.33. The van der Waals surface area contributed by atoms with Gasteiger partial charge in [0.05, 0.1) is 5.57 Å². The number of hydrogen-bond donors (Lipinski definition) is 0. The molecule has 2 nitrogen and oxygen atoms in total. The van der Waals surface area contributed by atoms with Gasteiger partial charge >= 0.3 is 0 Å². The molecule has 1 heterocycles. The highest BCUT2D eigenvalue weighted by Crippen LogP contribution is 2.21. The van der Waals surface area contributed by atoms with Gasteiger partial charge in [-0.1, -0.05) is 38.1 Å². The topological polar surface area (TPSA) is 36.7 Å². The molecular weight excluding hydrogens is 240 g/mol. The van der Waals surface area contributed by atoms with E-state index in [1.807, 2.05) is 23.6 Å². The zero-order valence-corrected chi connectivity index (χ0v) is 11.2. The molecule has 1 aromatic heterocycles. The summed E-state index contributed by atoms with van der Waals surface area (Å²) in [4.78, 5) is 4.16. The molecule has 0 N–H and O–H groups in total. The van der Waals surface area contributed by atoms with Gasteiger partial charge in [-0.05, 0) is 23.1 Å². The summed E-state index contributed by atoms with van der Waals surface area (Å²) in [6.45, 7) is 4.34. The Kier molecular flexibility index (Phi) is 3.91. The second kappa shape index (κ2) is 5.61. The van der Waals surface area contributed by atoms with Crippen LogP contribution in [-0.2, 0) is 0 Å². The summed E-state index contributed by atoms with van der Waals surface area (Å²) in [6.07, 6.45) is 3.59. The lowest BCUT2D eigenvalue weighted by molar-refractivity contribution is 0.866. The van der Waals surface area contributed by atoms with Crippen molar-refractivity contribution in [2.24, 2.45) is 0 Å². The second-order valence-corrected chi connectivity index (χ2v) is 5.22. The first-order chi connectivity index (χ1) is 8.70. The van der Waals surface area contributed by atoms with E-state index in [1.54, 1.807) is 6.20 Å². The lowest BCUT2D eigenvalue weighted by atomic mass is 10.0. The Labute approximate surface area is 111 Å². The van der Waals surface area contributed by atoms with E-state index >= 15 is 0 Å². The van der Waals surface area contributed by atoms with Gasteiger partial charge in [0, 0.05) is 11.6 Å². The Bertz CT molecular complexity index is 572. The molecule has 0 aliphatic heterocycles. The fourth-order valence-electron chi connectivity index (χ4n) is 1.64. The van der Waals surface area contributed by atoms with Crippen molar-refractivity contribution in [3.05, 3.63) is 52.0 Å². The Morgan fingerprint density at radius 2 is 2.06 bits per heavy atom. The molecular formula is C15H14N2S. The van der Waals surface area contributed by atoms with Crippen LogP contribution in [0.15, 0.2) is 35.8 Å². The Hall–Kier alpha value is -1.92. The van der Waals surface area contributed by atoms with Crippen molar-refractivity contribution in [2.75, 3.05) is 0 Å². The van der Waals surface area contributed by atoms with Crippen LogP contribution < -0.4 is 0 Å². The van der Waals surface area contributed by atoms with Crippen molar-refractivity contribution >= 4 is 23.0 Å². The smallest absolute Gasteiger partial charge is 0.133 e. The van der Waals surface area contributed by atoms with Crippen LogP contribution in [0.25, 0.3) is 11.6 Å². The van der Waals surface area contributed by atoms with Gasteiger partial charge < -0.3 is 0 Å². The Morgan fingerprint density at radius 3 is 2.56 bits per heavy atom. The van der Waals surface area contributed by atoms with Gasteiger partial charge in [0.2, 0.25) is 0 Å². The number of benzene rings is 1. The predicted molar refractivity (Wildman–Crippen MR) is 76.1 cm³/mol. The zero-order valence-electron chi connectivity index (χ0n) is 10.4. The SMILES string of the molecule is CC(C)c1ccc(/C=C(\C#N)c2nccs2)cc1. The van der Waals surface area contributed by atoms with Crippen LogP contribution in [0.1, 0.15) is 35.9 Å². The van der Waals surface area contributed by atoms with Crippen molar-refractivity contribution in [3.63, 3.8) is 0 Å². The van der Waals surface area contributed by atoms with Crippen LogP contribution in [0.3, 0.4) is 0 Å². The molecule has 90 valence electrons.